The first kappa shape index (κ1) is 24.1. The predicted octanol–water partition coefficient (Wildman–Crippen LogP) is 2.66. The van der Waals surface area contributed by atoms with Crippen LogP contribution in [0.3, 0.4) is 0 Å². The Balaban J connectivity index is 0.00000576. The van der Waals surface area contributed by atoms with E-state index < -0.39 is 10.0 Å². The van der Waals surface area contributed by atoms with E-state index in [0.717, 1.165) is 24.5 Å². The largest absolute Gasteiger partial charge is 0.356 e. The van der Waals surface area contributed by atoms with Crippen LogP contribution in [-0.4, -0.2) is 46.4 Å². The van der Waals surface area contributed by atoms with Gasteiger partial charge in [0.15, 0.2) is 5.96 Å². The Bertz CT molecular complexity index is 629. The third-order valence-corrected chi connectivity index (χ3v) is 5.47. The van der Waals surface area contributed by atoms with Gasteiger partial charge in [0.25, 0.3) is 0 Å². The average molecular weight is 482 g/mol. The summed E-state index contributed by atoms with van der Waals surface area (Å²) in [6.07, 6.45) is 2.29. The lowest BCUT2D eigenvalue weighted by atomic mass is 10.1. The second-order valence-corrected chi connectivity index (χ2v) is 8.47. The summed E-state index contributed by atoms with van der Waals surface area (Å²) in [5.74, 6) is 1.46. The number of aliphatic imine (C=N–C) groups is 1. The van der Waals surface area contributed by atoms with Crippen molar-refractivity contribution in [2.75, 3.05) is 27.7 Å². The standard InChI is InChI=1S/C17H30N4O2S.HI/c1-14(2)7-6-12-19-17(18-3)20-13-15-8-10-16(11-9-15)24(22,23)21(4)5;/h8-11,14H,6-7,12-13H2,1-5H3,(H2,18,19,20);1H. The molecule has 2 N–H and O–H groups in total. The van der Waals surface area contributed by atoms with E-state index >= 15 is 0 Å². The van der Waals surface area contributed by atoms with Gasteiger partial charge in [-0.05, 0) is 36.5 Å². The third kappa shape index (κ3) is 8.37. The number of hydrogen-bond acceptors (Lipinski definition) is 3. The van der Waals surface area contributed by atoms with E-state index in [1.807, 2.05) is 12.1 Å². The maximum Gasteiger partial charge on any atom is 0.242 e. The fourth-order valence-corrected chi connectivity index (χ4v) is 3.02. The van der Waals surface area contributed by atoms with Gasteiger partial charge < -0.3 is 10.6 Å². The number of nitrogens with one attached hydrogen (secondary N) is 2. The van der Waals surface area contributed by atoms with Gasteiger partial charge in [-0.25, -0.2) is 12.7 Å². The Morgan fingerprint density at radius 1 is 1.16 bits per heavy atom. The van der Waals surface area contributed by atoms with Crippen molar-refractivity contribution in [3.63, 3.8) is 0 Å². The molecule has 0 saturated carbocycles. The molecule has 25 heavy (non-hydrogen) atoms. The minimum absolute atomic E-state index is 0. The normalized spacial score (nSPS) is 12.2. The Hall–Kier alpha value is -0.870. The molecule has 0 aliphatic rings. The molecule has 0 aliphatic carbocycles. The van der Waals surface area contributed by atoms with Gasteiger partial charge in [-0.3, -0.25) is 4.99 Å². The Labute approximate surface area is 169 Å². The first-order valence-corrected chi connectivity index (χ1v) is 9.67. The summed E-state index contributed by atoms with van der Waals surface area (Å²) in [5.41, 5.74) is 0.998. The number of benzene rings is 1. The van der Waals surface area contributed by atoms with E-state index in [2.05, 4.69) is 29.5 Å². The third-order valence-electron chi connectivity index (χ3n) is 3.64. The molecule has 1 aromatic carbocycles. The van der Waals surface area contributed by atoms with Crippen molar-refractivity contribution in [3.8, 4) is 0 Å². The molecule has 6 nitrogen and oxygen atoms in total. The highest BCUT2D eigenvalue weighted by Gasteiger charge is 2.16. The molecule has 0 radical (unpaired) electrons. The van der Waals surface area contributed by atoms with E-state index in [0.29, 0.717) is 17.4 Å². The molecule has 0 saturated heterocycles. The molecule has 0 aromatic heterocycles. The van der Waals surface area contributed by atoms with Crippen LogP contribution in [0.15, 0.2) is 34.2 Å². The average Bonchev–Trinajstić information content (AvgIpc) is 2.54. The monoisotopic (exact) mass is 482 g/mol. The van der Waals surface area contributed by atoms with Crippen LogP contribution in [0.4, 0.5) is 0 Å². The molecule has 0 spiro atoms. The molecule has 1 aromatic rings. The van der Waals surface area contributed by atoms with Crippen LogP contribution in [0.1, 0.15) is 32.3 Å². The van der Waals surface area contributed by atoms with Crippen LogP contribution in [-0.2, 0) is 16.6 Å². The molecule has 144 valence electrons. The van der Waals surface area contributed by atoms with Crippen molar-refractivity contribution in [1.82, 2.24) is 14.9 Å². The molecule has 8 heteroatoms. The van der Waals surface area contributed by atoms with Crippen molar-refractivity contribution in [1.29, 1.82) is 0 Å². The van der Waals surface area contributed by atoms with Crippen molar-refractivity contribution in [2.45, 2.75) is 38.1 Å². The SMILES string of the molecule is CN=C(NCCCC(C)C)NCc1ccc(S(=O)(=O)N(C)C)cc1.I. The highest BCUT2D eigenvalue weighted by atomic mass is 127. The molecular weight excluding hydrogens is 451 g/mol. The highest BCUT2D eigenvalue weighted by Crippen LogP contribution is 2.13. The van der Waals surface area contributed by atoms with Crippen LogP contribution < -0.4 is 10.6 Å². The minimum Gasteiger partial charge on any atom is -0.356 e. The zero-order chi connectivity index (χ0) is 18.2. The van der Waals surface area contributed by atoms with E-state index in [-0.39, 0.29) is 24.0 Å². The van der Waals surface area contributed by atoms with Gasteiger partial charge in [-0.15, -0.1) is 24.0 Å². The lowest BCUT2D eigenvalue weighted by molar-refractivity contribution is 0.520. The summed E-state index contributed by atoms with van der Waals surface area (Å²) in [7, 11) is 1.42. The molecule has 0 fully saturated rings. The van der Waals surface area contributed by atoms with Crippen LogP contribution in [0.25, 0.3) is 0 Å². The molecule has 0 bridgehead atoms. The van der Waals surface area contributed by atoms with Crippen molar-refractivity contribution >= 4 is 40.0 Å². The van der Waals surface area contributed by atoms with Crippen LogP contribution in [0.2, 0.25) is 0 Å². The zero-order valence-corrected chi connectivity index (χ0v) is 18.9. The van der Waals surface area contributed by atoms with Crippen LogP contribution in [0.5, 0.6) is 0 Å². The molecule has 1 rings (SSSR count). The summed E-state index contributed by atoms with van der Waals surface area (Å²) < 4.78 is 25.3. The number of hydrogen-bond donors (Lipinski definition) is 2. The fraction of sp³-hybridized carbons (Fsp3) is 0.588. The molecule has 0 unspecified atom stereocenters. The van der Waals surface area contributed by atoms with Gasteiger partial charge in [-0.1, -0.05) is 26.0 Å². The number of rotatable bonds is 8. The van der Waals surface area contributed by atoms with Gasteiger partial charge >= 0.3 is 0 Å². The van der Waals surface area contributed by atoms with Gasteiger partial charge in [0, 0.05) is 34.2 Å². The van der Waals surface area contributed by atoms with Gasteiger partial charge in [0.05, 0.1) is 4.90 Å². The summed E-state index contributed by atoms with van der Waals surface area (Å²) in [5, 5.41) is 6.52. The zero-order valence-electron chi connectivity index (χ0n) is 15.7. The molecule has 0 aliphatic heterocycles. The summed E-state index contributed by atoms with van der Waals surface area (Å²) in [6.45, 7) is 5.91. The molecule has 0 heterocycles. The first-order valence-electron chi connectivity index (χ1n) is 8.23. The summed E-state index contributed by atoms with van der Waals surface area (Å²) >= 11 is 0. The summed E-state index contributed by atoms with van der Waals surface area (Å²) in [4.78, 5) is 4.49. The number of guanidine groups is 1. The van der Waals surface area contributed by atoms with E-state index in [1.54, 1.807) is 19.2 Å². The smallest absolute Gasteiger partial charge is 0.242 e. The molecular formula is C17H31IN4O2S. The second kappa shape index (κ2) is 11.7. The summed E-state index contributed by atoms with van der Waals surface area (Å²) in [6, 6.07) is 6.89. The van der Waals surface area contributed by atoms with E-state index in [4.69, 9.17) is 0 Å². The Morgan fingerprint density at radius 2 is 1.76 bits per heavy atom. The van der Waals surface area contributed by atoms with Gasteiger partial charge in [0.1, 0.15) is 0 Å². The fourth-order valence-electron chi connectivity index (χ4n) is 2.11. The maximum atomic E-state index is 12.0. The number of nitrogens with zero attached hydrogens (tertiary/aromatic N) is 2. The lowest BCUT2D eigenvalue weighted by Gasteiger charge is -2.14. The van der Waals surface area contributed by atoms with Crippen LogP contribution in [0, 0.1) is 5.92 Å². The quantitative estimate of drug-likeness (QED) is 0.259. The van der Waals surface area contributed by atoms with Gasteiger partial charge in [-0.2, -0.15) is 0 Å². The van der Waals surface area contributed by atoms with E-state index in [9.17, 15) is 8.42 Å². The topological polar surface area (TPSA) is 73.8 Å². The Kier molecular flexibility index (Phi) is 11.3. The number of sulfonamides is 1. The van der Waals surface area contributed by atoms with Crippen LogP contribution >= 0.6 is 24.0 Å². The molecule has 0 atom stereocenters. The van der Waals surface area contributed by atoms with Gasteiger partial charge in [0.2, 0.25) is 10.0 Å². The maximum absolute atomic E-state index is 12.0. The van der Waals surface area contributed by atoms with Crippen molar-refractivity contribution < 1.29 is 8.42 Å². The van der Waals surface area contributed by atoms with Crippen molar-refractivity contribution in [2.24, 2.45) is 10.9 Å². The predicted molar refractivity (Wildman–Crippen MR) is 115 cm³/mol. The Morgan fingerprint density at radius 3 is 2.24 bits per heavy atom. The highest BCUT2D eigenvalue weighted by molar-refractivity contribution is 14.0. The molecule has 0 amide bonds. The first-order chi connectivity index (χ1) is 11.3. The van der Waals surface area contributed by atoms with Crippen molar-refractivity contribution in [3.05, 3.63) is 29.8 Å². The number of halogens is 1. The van der Waals surface area contributed by atoms with E-state index in [1.165, 1.54) is 24.8 Å². The minimum atomic E-state index is -3.37. The second-order valence-electron chi connectivity index (χ2n) is 6.32. The lowest BCUT2D eigenvalue weighted by Crippen LogP contribution is -2.37.